The number of aromatic nitrogens is 1. The lowest BCUT2D eigenvalue weighted by Gasteiger charge is -2.11. The lowest BCUT2D eigenvalue weighted by atomic mass is 10.0. The SMILES string of the molecule is CCOc1cc(C=NNC(=O)c2[nH]c3c(Cl)cc(Cl)cc3c2-c2ccccc2)ccc1OC(=O)c1cccc(OC)c1. The van der Waals surface area contributed by atoms with Gasteiger partial charge in [0, 0.05) is 16.0 Å². The van der Waals surface area contributed by atoms with Gasteiger partial charge in [-0.15, -0.1) is 0 Å². The molecule has 2 N–H and O–H groups in total. The van der Waals surface area contributed by atoms with E-state index >= 15 is 0 Å². The number of ether oxygens (including phenoxy) is 3. The number of nitrogens with zero attached hydrogens (tertiary/aromatic N) is 1. The van der Waals surface area contributed by atoms with E-state index in [1.54, 1.807) is 54.6 Å². The average Bonchev–Trinajstić information content (AvgIpc) is 3.39. The Kier molecular flexibility index (Phi) is 8.76. The summed E-state index contributed by atoms with van der Waals surface area (Å²) in [6.07, 6.45) is 1.46. The standard InChI is InChI=1S/C32H25Cl2N3O5/c1-3-41-27-14-19(12-13-26(27)42-32(39)21-10-7-11-23(15-21)40-2)18-35-37-31(38)30-28(20-8-5-4-6-9-20)24-16-22(33)17-25(34)29(24)36-30/h4-18,36H,3H2,1-2H3,(H,37,38). The van der Waals surface area contributed by atoms with Gasteiger partial charge in [-0.3, -0.25) is 4.79 Å². The van der Waals surface area contributed by atoms with Gasteiger partial charge in [0.25, 0.3) is 5.91 Å². The van der Waals surface area contributed by atoms with Gasteiger partial charge < -0.3 is 19.2 Å². The molecule has 0 atom stereocenters. The van der Waals surface area contributed by atoms with Gasteiger partial charge in [0.15, 0.2) is 11.5 Å². The van der Waals surface area contributed by atoms with Crippen LogP contribution < -0.4 is 19.6 Å². The number of hydrogen-bond acceptors (Lipinski definition) is 6. The van der Waals surface area contributed by atoms with Gasteiger partial charge >= 0.3 is 5.97 Å². The third-order valence-corrected chi connectivity index (χ3v) is 6.79. The molecule has 0 unspecified atom stereocenters. The molecule has 0 fully saturated rings. The molecule has 4 aromatic carbocycles. The fraction of sp³-hybridized carbons (Fsp3) is 0.0938. The molecule has 8 nitrogen and oxygen atoms in total. The van der Waals surface area contributed by atoms with Crippen LogP contribution >= 0.6 is 23.2 Å². The first-order chi connectivity index (χ1) is 20.4. The molecule has 0 aliphatic carbocycles. The molecule has 0 saturated heterocycles. The van der Waals surface area contributed by atoms with E-state index in [1.165, 1.54) is 13.3 Å². The number of carbonyl (C=O) groups is 2. The van der Waals surface area contributed by atoms with E-state index < -0.39 is 11.9 Å². The predicted molar refractivity (Wildman–Crippen MR) is 164 cm³/mol. The summed E-state index contributed by atoms with van der Waals surface area (Å²) in [6.45, 7) is 2.16. The first-order valence-corrected chi connectivity index (χ1v) is 13.7. The minimum Gasteiger partial charge on any atom is -0.497 e. The number of benzene rings is 4. The average molecular weight is 602 g/mol. The van der Waals surface area contributed by atoms with Crippen LogP contribution in [-0.2, 0) is 0 Å². The molecule has 10 heteroatoms. The van der Waals surface area contributed by atoms with Crippen LogP contribution in [0, 0.1) is 0 Å². The van der Waals surface area contributed by atoms with Gasteiger partial charge in [0.05, 0.1) is 36.0 Å². The molecule has 1 aromatic heterocycles. The van der Waals surface area contributed by atoms with Crippen LogP contribution in [0.25, 0.3) is 22.0 Å². The van der Waals surface area contributed by atoms with Crippen LogP contribution in [0.2, 0.25) is 10.0 Å². The Morgan fingerprint density at radius 2 is 1.76 bits per heavy atom. The quantitative estimate of drug-likeness (QED) is 0.0786. The van der Waals surface area contributed by atoms with Crippen molar-refractivity contribution in [3.8, 4) is 28.4 Å². The number of esters is 1. The Morgan fingerprint density at radius 1 is 0.952 bits per heavy atom. The number of carbonyl (C=O) groups excluding carboxylic acids is 2. The van der Waals surface area contributed by atoms with Crippen molar-refractivity contribution >= 4 is 52.2 Å². The molecule has 0 aliphatic heterocycles. The Labute approximate surface area is 251 Å². The van der Waals surface area contributed by atoms with Crippen LogP contribution in [0.1, 0.15) is 33.3 Å². The van der Waals surface area contributed by atoms with Crippen molar-refractivity contribution in [2.75, 3.05) is 13.7 Å². The Balaban J connectivity index is 1.37. The number of hydrogen-bond donors (Lipinski definition) is 2. The van der Waals surface area contributed by atoms with Gasteiger partial charge in [-0.1, -0.05) is 59.6 Å². The Hall–Kier alpha value is -4.79. The van der Waals surface area contributed by atoms with Crippen LogP contribution in [0.5, 0.6) is 17.2 Å². The van der Waals surface area contributed by atoms with Crippen molar-refractivity contribution < 1.29 is 23.8 Å². The zero-order valence-corrected chi connectivity index (χ0v) is 24.1. The summed E-state index contributed by atoms with van der Waals surface area (Å²) in [5.74, 6) is 0.0997. The van der Waals surface area contributed by atoms with Crippen LogP contribution in [0.4, 0.5) is 0 Å². The highest BCUT2D eigenvalue weighted by molar-refractivity contribution is 6.39. The molecule has 212 valence electrons. The van der Waals surface area contributed by atoms with Crippen molar-refractivity contribution in [2.45, 2.75) is 6.92 Å². The summed E-state index contributed by atoms with van der Waals surface area (Å²) < 4.78 is 16.5. The minimum atomic E-state index is -0.558. The zero-order chi connectivity index (χ0) is 29.6. The molecular formula is C32H25Cl2N3O5. The van der Waals surface area contributed by atoms with Crippen LogP contribution in [0.3, 0.4) is 0 Å². The van der Waals surface area contributed by atoms with E-state index in [4.69, 9.17) is 37.4 Å². The highest BCUT2D eigenvalue weighted by Gasteiger charge is 2.21. The Bertz CT molecular complexity index is 1800. The number of nitrogens with one attached hydrogen (secondary N) is 2. The molecule has 0 spiro atoms. The molecular weight excluding hydrogens is 577 g/mol. The molecule has 0 bridgehead atoms. The molecule has 0 aliphatic rings. The van der Waals surface area contributed by atoms with Crippen molar-refractivity contribution in [1.29, 1.82) is 0 Å². The summed E-state index contributed by atoms with van der Waals surface area (Å²) in [5.41, 5.74) is 5.86. The monoisotopic (exact) mass is 601 g/mol. The van der Waals surface area contributed by atoms with Gasteiger partial charge in [0.1, 0.15) is 11.4 Å². The highest BCUT2D eigenvalue weighted by Crippen LogP contribution is 2.37. The van der Waals surface area contributed by atoms with Crippen LogP contribution in [-0.4, -0.2) is 36.8 Å². The highest BCUT2D eigenvalue weighted by atomic mass is 35.5. The molecule has 1 amide bonds. The number of hydrazone groups is 1. The van der Waals surface area contributed by atoms with E-state index in [0.717, 1.165) is 5.56 Å². The molecule has 42 heavy (non-hydrogen) atoms. The lowest BCUT2D eigenvalue weighted by Crippen LogP contribution is -2.18. The third kappa shape index (κ3) is 6.25. The summed E-state index contributed by atoms with van der Waals surface area (Å²) in [6, 6.07) is 24.4. The zero-order valence-electron chi connectivity index (χ0n) is 22.6. The summed E-state index contributed by atoms with van der Waals surface area (Å²) in [7, 11) is 1.52. The number of fused-ring (bicyclic) bond motifs is 1. The molecule has 5 rings (SSSR count). The fourth-order valence-electron chi connectivity index (χ4n) is 4.38. The van der Waals surface area contributed by atoms with Crippen LogP contribution in [0.15, 0.2) is 90.0 Å². The van der Waals surface area contributed by atoms with Gasteiger partial charge in [-0.25, -0.2) is 10.2 Å². The molecule has 5 aromatic rings. The number of rotatable bonds is 9. The number of H-pyrrole nitrogens is 1. The second-order valence-electron chi connectivity index (χ2n) is 9.01. The molecule has 0 saturated carbocycles. The number of halogens is 2. The van der Waals surface area contributed by atoms with Crippen molar-refractivity contribution in [2.24, 2.45) is 5.10 Å². The maximum atomic E-state index is 13.3. The van der Waals surface area contributed by atoms with E-state index in [-0.39, 0.29) is 11.4 Å². The first-order valence-electron chi connectivity index (χ1n) is 12.9. The Morgan fingerprint density at radius 3 is 2.52 bits per heavy atom. The molecule has 1 heterocycles. The van der Waals surface area contributed by atoms with Crippen molar-refractivity contribution in [3.05, 3.63) is 112 Å². The van der Waals surface area contributed by atoms with E-state index in [9.17, 15) is 9.59 Å². The smallest absolute Gasteiger partial charge is 0.343 e. The largest absolute Gasteiger partial charge is 0.497 e. The predicted octanol–water partition coefficient (Wildman–Crippen LogP) is 7.53. The summed E-state index contributed by atoms with van der Waals surface area (Å²) in [5, 5.41) is 5.71. The first kappa shape index (κ1) is 28.7. The lowest BCUT2D eigenvalue weighted by molar-refractivity contribution is 0.0727. The maximum absolute atomic E-state index is 13.3. The summed E-state index contributed by atoms with van der Waals surface area (Å²) >= 11 is 12.7. The van der Waals surface area contributed by atoms with Gasteiger partial charge in [-0.2, -0.15) is 5.10 Å². The number of aromatic amines is 1. The van der Waals surface area contributed by atoms with E-state index in [0.29, 0.717) is 55.7 Å². The van der Waals surface area contributed by atoms with Crippen molar-refractivity contribution in [3.63, 3.8) is 0 Å². The topological polar surface area (TPSA) is 102 Å². The van der Waals surface area contributed by atoms with Gasteiger partial charge in [-0.05, 0) is 66.6 Å². The number of methoxy groups -OCH3 is 1. The normalized spacial score (nSPS) is 11.0. The maximum Gasteiger partial charge on any atom is 0.343 e. The van der Waals surface area contributed by atoms with E-state index in [2.05, 4.69) is 15.5 Å². The summed E-state index contributed by atoms with van der Waals surface area (Å²) in [4.78, 5) is 29.1. The fourth-order valence-corrected chi connectivity index (χ4v) is 4.92. The second kappa shape index (κ2) is 12.8. The molecule has 0 radical (unpaired) electrons. The minimum absolute atomic E-state index is 0.243. The third-order valence-electron chi connectivity index (χ3n) is 6.27. The van der Waals surface area contributed by atoms with E-state index in [1.807, 2.05) is 37.3 Å². The van der Waals surface area contributed by atoms with Gasteiger partial charge in [0.2, 0.25) is 0 Å². The van der Waals surface area contributed by atoms with Crippen molar-refractivity contribution in [1.82, 2.24) is 10.4 Å². The second-order valence-corrected chi connectivity index (χ2v) is 9.85. The number of amides is 1.